The summed E-state index contributed by atoms with van der Waals surface area (Å²) in [5.41, 5.74) is 2.79. The first-order valence-corrected chi connectivity index (χ1v) is 14.9. The van der Waals surface area contributed by atoms with Crippen molar-refractivity contribution in [1.29, 1.82) is 0 Å². The van der Waals surface area contributed by atoms with Gasteiger partial charge in [-0.05, 0) is 98.4 Å². The molecule has 0 spiro atoms. The molecule has 2 amide bonds. The van der Waals surface area contributed by atoms with E-state index >= 15 is 0 Å². The molecule has 8 atom stereocenters. The monoisotopic (exact) mass is 520 g/mol. The van der Waals surface area contributed by atoms with Gasteiger partial charge >= 0.3 is 6.09 Å². The lowest BCUT2D eigenvalue weighted by Crippen LogP contribution is -2.56. The molecule has 206 valence electrons. The van der Waals surface area contributed by atoms with Crippen molar-refractivity contribution in [1.82, 2.24) is 10.2 Å². The molecule has 5 aliphatic rings. The molecule has 0 unspecified atom stereocenters. The molecule has 1 aromatic carbocycles. The van der Waals surface area contributed by atoms with E-state index < -0.39 is 12.1 Å². The molecule has 6 nitrogen and oxygen atoms in total. The Morgan fingerprint density at radius 2 is 1.87 bits per heavy atom. The number of likely N-dealkylation sites (tertiary alicyclic amines) is 1. The summed E-state index contributed by atoms with van der Waals surface area (Å²) in [6.07, 6.45) is 12.0. The van der Waals surface area contributed by atoms with Gasteiger partial charge in [0.2, 0.25) is 5.91 Å². The standard InChI is InChI=1S/C32H44N2O4/c1-31-16-14-23(35)19-22(31)10-11-24-25-12-13-28(32(25,2)17-15-26(24)31)33-29(36)27-9-6-18-34(27)30(37)38-20-21-7-4-3-5-8-21/h3-5,7-8,10,23-28,35H,6,9,11-20H2,1-2H3,(H,33,36)/t23-,24-,25-,26-,27-,28+,31-,32-/m0/s1. The van der Waals surface area contributed by atoms with Crippen molar-refractivity contribution in [3.05, 3.63) is 47.5 Å². The average molecular weight is 521 g/mol. The van der Waals surface area contributed by atoms with Crippen LogP contribution in [-0.4, -0.2) is 46.7 Å². The van der Waals surface area contributed by atoms with Gasteiger partial charge in [0.25, 0.3) is 0 Å². The molecule has 1 aromatic rings. The summed E-state index contributed by atoms with van der Waals surface area (Å²) in [5.74, 6) is 1.96. The van der Waals surface area contributed by atoms with Gasteiger partial charge in [0.15, 0.2) is 0 Å². The summed E-state index contributed by atoms with van der Waals surface area (Å²) < 4.78 is 5.57. The minimum Gasteiger partial charge on any atom is -0.445 e. The van der Waals surface area contributed by atoms with Gasteiger partial charge < -0.3 is 15.2 Å². The third kappa shape index (κ3) is 4.37. The number of nitrogens with zero attached hydrogens (tertiary/aromatic N) is 1. The number of carbonyl (C=O) groups excluding carboxylic acids is 2. The van der Waals surface area contributed by atoms with E-state index in [2.05, 4.69) is 25.2 Å². The average Bonchev–Trinajstić information content (AvgIpc) is 3.53. The van der Waals surface area contributed by atoms with E-state index in [-0.39, 0.29) is 35.5 Å². The lowest BCUT2D eigenvalue weighted by Gasteiger charge is -2.58. The molecule has 4 fully saturated rings. The number of fused-ring (bicyclic) bond motifs is 5. The Hall–Kier alpha value is -2.34. The number of aliphatic hydroxyl groups excluding tert-OH is 1. The van der Waals surface area contributed by atoms with E-state index in [1.807, 2.05) is 30.3 Å². The first-order valence-electron chi connectivity index (χ1n) is 14.9. The molecule has 1 heterocycles. The van der Waals surface area contributed by atoms with Gasteiger partial charge in [-0.15, -0.1) is 0 Å². The highest BCUT2D eigenvalue weighted by molar-refractivity contribution is 5.86. The third-order valence-corrected chi connectivity index (χ3v) is 11.4. The minimum absolute atomic E-state index is 0.00721. The van der Waals surface area contributed by atoms with E-state index in [4.69, 9.17) is 4.74 Å². The third-order valence-electron chi connectivity index (χ3n) is 11.4. The zero-order chi connectivity index (χ0) is 26.5. The van der Waals surface area contributed by atoms with Crippen molar-refractivity contribution in [3.63, 3.8) is 0 Å². The quantitative estimate of drug-likeness (QED) is 0.507. The molecule has 6 heteroatoms. The van der Waals surface area contributed by atoms with Crippen LogP contribution in [0.15, 0.2) is 42.0 Å². The fourth-order valence-corrected chi connectivity index (χ4v) is 9.21. The van der Waals surface area contributed by atoms with Crippen molar-refractivity contribution in [3.8, 4) is 0 Å². The van der Waals surface area contributed by atoms with Crippen LogP contribution < -0.4 is 5.32 Å². The molecule has 38 heavy (non-hydrogen) atoms. The molecule has 2 N–H and O–H groups in total. The second kappa shape index (κ2) is 10.0. The van der Waals surface area contributed by atoms with Gasteiger partial charge in [0.05, 0.1) is 6.10 Å². The maximum absolute atomic E-state index is 13.6. The predicted molar refractivity (Wildman–Crippen MR) is 146 cm³/mol. The van der Waals surface area contributed by atoms with Crippen LogP contribution in [0.2, 0.25) is 0 Å². The highest BCUT2D eigenvalue weighted by atomic mass is 16.6. The molecular formula is C32H44N2O4. The maximum Gasteiger partial charge on any atom is 0.410 e. The Balaban J connectivity index is 1.11. The molecule has 3 saturated carbocycles. The van der Waals surface area contributed by atoms with E-state index in [0.717, 1.165) is 56.9 Å². The van der Waals surface area contributed by atoms with Gasteiger partial charge in [-0.2, -0.15) is 0 Å². The first-order chi connectivity index (χ1) is 18.3. The van der Waals surface area contributed by atoms with Crippen LogP contribution in [0.4, 0.5) is 4.79 Å². The number of amides is 2. The van der Waals surface area contributed by atoms with Crippen molar-refractivity contribution in [2.75, 3.05) is 6.54 Å². The number of carbonyl (C=O) groups is 2. The molecular weight excluding hydrogens is 476 g/mol. The summed E-state index contributed by atoms with van der Waals surface area (Å²) in [4.78, 5) is 28.1. The molecule has 0 bridgehead atoms. The van der Waals surface area contributed by atoms with Crippen molar-refractivity contribution >= 4 is 12.0 Å². The van der Waals surface area contributed by atoms with Crippen LogP contribution in [0.25, 0.3) is 0 Å². The van der Waals surface area contributed by atoms with Crippen LogP contribution in [0.5, 0.6) is 0 Å². The van der Waals surface area contributed by atoms with Gasteiger partial charge in [-0.3, -0.25) is 9.69 Å². The largest absolute Gasteiger partial charge is 0.445 e. The Morgan fingerprint density at radius 1 is 1.05 bits per heavy atom. The lowest BCUT2D eigenvalue weighted by molar-refractivity contribution is -0.127. The fourth-order valence-electron chi connectivity index (χ4n) is 9.21. The summed E-state index contributed by atoms with van der Waals surface area (Å²) in [6, 6.07) is 9.40. The second-order valence-corrected chi connectivity index (χ2v) is 13.2. The Morgan fingerprint density at radius 3 is 2.68 bits per heavy atom. The summed E-state index contributed by atoms with van der Waals surface area (Å²) >= 11 is 0. The Kier molecular flexibility index (Phi) is 6.82. The highest BCUT2D eigenvalue weighted by Gasteiger charge is 2.59. The summed E-state index contributed by atoms with van der Waals surface area (Å²) in [6.45, 7) is 5.67. The Labute approximate surface area is 227 Å². The van der Waals surface area contributed by atoms with Gasteiger partial charge in [0.1, 0.15) is 12.6 Å². The SMILES string of the molecule is C[C@]12CC[C@H]3[C@@H](CC=C4C[C@@H](O)CC[C@@]43C)[C@@H]1CC[C@H]2NC(=O)[C@@H]1CCCN1C(=O)OCc1ccccc1. The van der Waals surface area contributed by atoms with Gasteiger partial charge in [-0.1, -0.05) is 55.8 Å². The second-order valence-electron chi connectivity index (χ2n) is 13.2. The van der Waals surface area contributed by atoms with Gasteiger partial charge in [-0.25, -0.2) is 4.79 Å². The smallest absolute Gasteiger partial charge is 0.410 e. The number of hydrogen-bond donors (Lipinski definition) is 2. The first kappa shape index (κ1) is 25.9. The molecule has 0 radical (unpaired) electrons. The van der Waals surface area contributed by atoms with Crippen LogP contribution in [0.1, 0.15) is 83.6 Å². The Bertz CT molecular complexity index is 1090. The zero-order valence-corrected chi connectivity index (χ0v) is 23.0. The van der Waals surface area contributed by atoms with Crippen molar-refractivity contribution < 1.29 is 19.4 Å². The number of benzene rings is 1. The van der Waals surface area contributed by atoms with E-state index in [1.165, 1.54) is 12.0 Å². The minimum atomic E-state index is -0.440. The highest BCUT2D eigenvalue weighted by Crippen LogP contribution is 2.64. The molecule has 1 saturated heterocycles. The topological polar surface area (TPSA) is 78.9 Å². The van der Waals surface area contributed by atoms with Crippen LogP contribution in [0.3, 0.4) is 0 Å². The van der Waals surface area contributed by atoms with E-state index in [1.54, 1.807) is 4.90 Å². The van der Waals surface area contributed by atoms with Crippen LogP contribution >= 0.6 is 0 Å². The maximum atomic E-state index is 13.6. The van der Waals surface area contributed by atoms with Crippen molar-refractivity contribution in [2.45, 2.75) is 103 Å². The molecule has 4 aliphatic carbocycles. The number of aliphatic hydroxyl groups is 1. The summed E-state index contributed by atoms with van der Waals surface area (Å²) in [5, 5.41) is 13.7. The number of hydrogen-bond acceptors (Lipinski definition) is 4. The van der Waals surface area contributed by atoms with Crippen LogP contribution in [-0.2, 0) is 16.1 Å². The molecule has 0 aromatic heterocycles. The normalized spacial score (nSPS) is 40.0. The van der Waals surface area contributed by atoms with E-state index in [0.29, 0.717) is 30.7 Å². The number of ether oxygens (including phenoxy) is 1. The molecule has 1 aliphatic heterocycles. The van der Waals surface area contributed by atoms with E-state index in [9.17, 15) is 14.7 Å². The number of rotatable bonds is 4. The predicted octanol–water partition coefficient (Wildman–Crippen LogP) is 5.60. The van der Waals surface area contributed by atoms with Crippen LogP contribution in [0, 0.1) is 28.6 Å². The molecule has 6 rings (SSSR count). The fraction of sp³-hybridized carbons (Fsp3) is 0.688. The van der Waals surface area contributed by atoms with Gasteiger partial charge in [0, 0.05) is 12.6 Å². The summed E-state index contributed by atoms with van der Waals surface area (Å²) in [7, 11) is 0. The lowest BCUT2D eigenvalue weighted by atomic mass is 9.48. The zero-order valence-electron chi connectivity index (χ0n) is 23.0. The number of allylic oxidation sites excluding steroid dienone is 1. The number of nitrogens with one attached hydrogen (secondary N) is 1. The van der Waals surface area contributed by atoms with Crippen molar-refractivity contribution in [2.24, 2.45) is 28.6 Å².